The Morgan fingerprint density at radius 3 is 2.61 bits per heavy atom. The van der Waals surface area contributed by atoms with Crippen molar-refractivity contribution < 1.29 is 9.18 Å². The van der Waals surface area contributed by atoms with Crippen LogP contribution >= 0.6 is 23.2 Å². The summed E-state index contributed by atoms with van der Waals surface area (Å²) >= 11 is 12.3. The number of nitrogens with zero attached hydrogens (tertiary/aromatic N) is 1. The molecule has 6 heteroatoms. The lowest BCUT2D eigenvalue weighted by Gasteiger charge is -2.18. The normalized spacial score (nSPS) is 11.0. The van der Waals surface area contributed by atoms with Crippen LogP contribution in [0.1, 0.15) is 16.1 Å². The number of H-pyrrole nitrogens is 1. The summed E-state index contributed by atoms with van der Waals surface area (Å²) in [5.41, 5.74) is 1.33. The molecule has 0 saturated heterocycles. The standard InChI is InChI=1S/C17H13Cl2FN2O/c1-22(9-11-12(18)6-4-7-13(11)20)17(23)16-15(19)10-5-2-3-8-14(10)21-16/h2-8,21H,9H2,1H3. The molecular weight excluding hydrogens is 338 g/mol. The van der Waals surface area contributed by atoms with E-state index in [1.807, 2.05) is 24.3 Å². The summed E-state index contributed by atoms with van der Waals surface area (Å²) in [6.07, 6.45) is 0. The van der Waals surface area contributed by atoms with Crippen LogP contribution in [0.15, 0.2) is 42.5 Å². The topological polar surface area (TPSA) is 36.1 Å². The van der Waals surface area contributed by atoms with E-state index in [0.717, 1.165) is 10.9 Å². The van der Waals surface area contributed by atoms with Crippen LogP contribution in [0.5, 0.6) is 0 Å². The third-order valence-corrected chi connectivity index (χ3v) is 4.41. The van der Waals surface area contributed by atoms with Gasteiger partial charge in [0.25, 0.3) is 5.91 Å². The number of aromatic nitrogens is 1. The number of rotatable bonds is 3. The van der Waals surface area contributed by atoms with Gasteiger partial charge in [-0.3, -0.25) is 4.79 Å². The maximum absolute atomic E-state index is 13.9. The number of carbonyl (C=O) groups excluding carboxylic acids is 1. The molecule has 0 aliphatic rings. The van der Waals surface area contributed by atoms with Gasteiger partial charge in [0.15, 0.2) is 0 Å². The molecule has 0 radical (unpaired) electrons. The highest BCUT2D eigenvalue weighted by Crippen LogP contribution is 2.28. The minimum absolute atomic E-state index is 0.0516. The number of halogens is 3. The second-order valence-corrected chi connectivity index (χ2v) is 6.01. The fourth-order valence-electron chi connectivity index (χ4n) is 2.44. The van der Waals surface area contributed by atoms with Gasteiger partial charge < -0.3 is 9.88 Å². The van der Waals surface area contributed by atoms with Crippen LogP contribution < -0.4 is 0 Å². The summed E-state index contributed by atoms with van der Waals surface area (Å²) in [7, 11) is 1.58. The molecule has 118 valence electrons. The molecule has 2 aromatic carbocycles. The summed E-state index contributed by atoms with van der Waals surface area (Å²) in [4.78, 5) is 17.0. The molecule has 0 fully saturated rings. The summed E-state index contributed by atoms with van der Waals surface area (Å²) in [5, 5.41) is 1.42. The van der Waals surface area contributed by atoms with Crippen LogP contribution in [0, 0.1) is 5.82 Å². The van der Waals surface area contributed by atoms with Crippen molar-refractivity contribution in [3.63, 3.8) is 0 Å². The highest BCUT2D eigenvalue weighted by atomic mass is 35.5. The Balaban J connectivity index is 1.91. The Labute approximate surface area is 142 Å². The van der Waals surface area contributed by atoms with Crippen molar-refractivity contribution in [2.24, 2.45) is 0 Å². The first-order chi connectivity index (χ1) is 11.0. The molecule has 1 aromatic heterocycles. The largest absolute Gasteiger partial charge is 0.349 e. The molecule has 1 heterocycles. The minimum Gasteiger partial charge on any atom is -0.349 e. The maximum Gasteiger partial charge on any atom is 0.271 e. The van der Waals surface area contributed by atoms with E-state index in [0.29, 0.717) is 5.02 Å². The fourth-order valence-corrected chi connectivity index (χ4v) is 2.95. The van der Waals surface area contributed by atoms with Gasteiger partial charge >= 0.3 is 0 Å². The molecule has 0 atom stereocenters. The van der Waals surface area contributed by atoms with E-state index in [-0.39, 0.29) is 28.7 Å². The number of benzene rings is 2. The summed E-state index contributed by atoms with van der Waals surface area (Å²) in [6.45, 7) is 0.0516. The number of hydrogen-bond acceptors (Lipinski definition) is 1. The average Bonchev–Trinajstić information content (AvgIpc) is 2.87. The highest BCUT2D eigenvalue weighted by Gasteiger charge is 2.21. The predicted octanol–water partition coefficient (Wildman–Crippen LogP) is 4.89. The average molecular weight is 351 g/mol. The Morgan fingerprint density at radius 2 is 1.91 bits per heavy atom. The van der Waals surface area contributed by atoms with Crippen LogP contribution in [0.3, 0.4) is 0 Å². The fraction of sp³-hybridized carbons (Fsp3) is 0.118. The Bertz CT molecular complexity index is 871. The number of nitrogens with one attached hydrogen (secondary N) is 1. The van der Waals surface area contributed by atoms with Crippen LogP contribution in [0.25, 0.3) is 10.9 Å². The molecule has 0 saturated carbocycles. The van der Waals surface area contributed by atoms with Crippen LogP contribution in [-0.2, 0) is 6.54 Å². The van der Waals surface area contributed by atoms with Gasteiger partial charge in [-0.25, -0.2) is 4.39 Å². The van der Waals surface area contributed by atoms with Crippen molar-refractivity contribution in [2.75, 3.05) is 7.05 Å². The lowest BCUT2D eigenvalue weighted by atomic mass is 10.2. The summed E-state index contributed by atoms with van der Waals surface area (Å²) < 4.78 is 13.9. The minimum atomic E-state index is -0.445. The van der Waals surface area contributed by atoms with Crippen LogP contribution in [-0.4, -0.2) is 22.8 Å². The zero-order valence-electron chi connectivity index (χ0n) is 12.2. The number of fused-ring (bicyclic) bond motifs is 1. The van der Waals surface area contributed by atoms with Crippen LogP contribution in [0.4, 0.5) is 4.39 Å². The Morgan fingerprint density at radius 1 is 1.17 bits per heavy atom. The lowest BCUT2D eigenvalue weighted by Crippen LogP contribution is -2.27. The number of amides is 1. The zero-order valence-corrected chi connectivity index (χ0v) is 13.7. The zero-order chi connectivity index (χ0) is 16.6. The SMILES string of the molecule is CN(Cc1c(F)cccc1Cl)C(=O)c1[nH]c2ccccc2c1Cl. The smallest absolute Gasteiger partial charge is 0.271 e. The second-order valence-electron chi connectivity index (χ2n) is 5.22. The van der Waals surface area contributed by atoms with E-state index in [4.69, 9.17) is 23.2 Å². The molecule has 1 amide bonds. The van der Waals surface area contributed by atoms with Crippen molar-refractivity contribution >= 4 is 40.0 Å². The van der Waals surface area contributed by atoms with Gasteiger partial charge in [0.1, 0.15) is 11.5 Å². The molecule has 3 aromatic rings. The van der Waals surface area contributed by atoms with E-state index in [2.05, 4.69) is 4.98 Å². The Kier molecular flexibility index (Phi) is 4.28. The molecule has 0 aliphatic heterocycles. The summed E-state index contributed by atoms with van der Waals surface area (Å²) in [6, 6.07) is 11.8. The van der Waals surface area contributed by atoms with Crippen molar-refractivity contribution in [1.29, 1.82) is 0 Å². The third-order valence-electron chi connectivity index (χ3n) is 3.66. The molecule has 3 nitrogen and oxygen atoms in total. The molecule has 1 N–H and O–H groups in total. The van der Waals surface area contributed by atoms with Gasteiger partial charge in [-0.05, 0) is 18.2 Å². The number of para-hydroxylation sites is 1. The van der Waals surface area contributed by atoms with E-state index < -0.39 is 5.82 Å². The number of hydrogen-bond donors (Lipinski definition) is 1. The van der Waals surface area contributed by atoms with Crippen LogP contribution in [0.2, 0.25) is 10.0 Å². The van der Waals surface area contributed by atoms with Gasteiger partial charge in [0.2, 0.25) is 0 Å². The summed E-state index contributed by atoms with van der Waals surface area (Å²) in [5.74, 6) is -0.773. The number of aromatic amines is 1. The Hall–Kier alpha value is -2.04. The van der Waals surface area contributed by atoms with Crippen molar-refractivity contribution in [3.05, 3.63) is 69.6 Å². The van der Waals surface area contributed by atoms with E-state index in [9.17, 15) is 9.18 Å². The molecule has 3 rings (SSSR count). The monoisotopic (exact) mass is 350 g/mol. The third kappa shape index (κ3) is 2.92. The maximum atomic E-state index is 13.9. The molecule has 0 spiro atoms. The first-order valence-corrected chi connectivity index (χ1v) is 7.69. The second kappa shape index (κ2) is 6.22. The quantitative estimate of drug-likeness (QED) is 0.717. The van der Waals surface area contributed by atoms with Crippen molar-refractivity contribution in [2.45, 2.75) is 6.54 Å². The highest BCUT2D eigenvalue weighted by molar-refractivity contribution is 6.38. The molecule has 0 unspecified atom stereocenters. The van der Waals surface area contributed by atoms with E-state index >= 15 is 0 Å². The van der Waals surface area contributed by atoms with Crippen molar-refractivity contribution in [1.82, 2.24) is 9.88 Å². The molecule has 0 aliphatic carbocycles. The number of carbonyl (C=O) groups is 1. The van der Waals surface area contributed by atoms with Gasteiger partial charge in [0, 0.05) is 28.5 Å². The van der Waals surface area contributed by atoms with Gasteiger partial charge in [-0.1, -0.05) is 47.5 Å². The van der Waals surface area contributed by atoms with Crippen molar-refractivity contribution in [3.8, 4) is 0 Å². The molecule has 0 bridgehead atoms. The van der Waals surface area contributed by atoms with E-state index in [1.54, 1.807) is 13.1 Å². The van der Waals surface area contributed by atoms with E-state index in [1.165, 1.54) is 17.0 Å². The first-order valence-electron chi connectivity index (χ1n) is 6.93. The lowest BCUT2D eigenvalue weighted by molar-refractivity contribution is 0.0779. The predicted molar refractivity (Wildman–Crippen MR) is 90.5 cm³/mol. The van der Waals surface area contributed by atoms with Gasteiger partial charge in [-0.15, -0.1) is 0 Å². The molecular formula is C17H13Cl2FN2O. The first kappa shape index (κ1) is 15.8. The molecule has 23 heavy (non-hydrogen) atoms. The van der Waals surface area contributed by atoms with Gasteiger partial charge in [0.05, 0.1) is 11.6 Å². The van der Waals surface area contributed by atoms with Gasteiger partial charge in [-0.2, -0.15) is 0 Å².